The van der Waals surface area contributed by atoms with Gasteiger partial charge in [-0.3, -0.25) is 0 Å². The van der Waals surface area contributed by atoms with Crippen molar-refractivity contribution in [3.05, 3.63) is 12.2 Å². The summed E-state index contributed by atoms with van der Waals surface area (Å²) < 4.78 is 56.4. The first kappa shape index (κ1) is 16.9. The fourth-order valence-corrected chi connectivity index (χ4v) is 0.800. The molecular weight excluding hydrogens is 260 g/mol. The molecule has 0 aromatic carbocycles. The minimum atomic E-state index is -4.68. The fourth-order valence-electron chi connectivity index (χ4n) is 0.800. The molecule has 0 spiro atoms. The van der Waals surface area contributed by atoms with Gasteiger partial charge < -0.3 is 14.6 Å². The molecule has 0 aromatic rings. The smallest absolute Gasteiger partial charge is 0.394 e. The molecule has 0 aliphatic heterocycles. The van der Waals surface area contributed by atoms with Gasteiger partial charge in [0, 0.05) is 5.57 Å². The number of ether oxygens (including phenoxy) is 2. The number of alkyl halides is 4. The molecule has 0 saturated carbocycles. The molecule has 0 heterocycles. The molecule has 4 nitrogen and oxygen atoms in total. The van der Waals surface area contributed by atoms with E-state index in [2.05, 4.69) is 16.1 Å². The van der Waals surface area contributed by atoms with Crippen LogP contribution in [0.5, 0.6) is 0 Å². The highest BCUT2D eigenvalue weighted by atomic mass is 19.4. The molecule has 0 bridgehead atoms. The number of hydrogen-bond donors (Lipinski definition) is 1. The summed E-state index contributed by atoms with van der Waals surface area (Å²) in [4.78, 5) is 10.9. The van der Waals surface area contributed by atoms with Crippen molar-refractivity contribution in [3.63, 3.8) is 0 Å². The van der Waals surface area contributed by atoms with Gasteiger partial charge in [0.25, 0.3) is 0 Å². The number of rotatable bonds is 7. The van der Waals surface area contributed by atoms with E-state index >= 15 is 0 Å². The molecule has 0 aliphatic rings. The van der Waals surface area contributed by atoms with E-state index < -0.39 is 44.2 Å². The summed E-state index contributed by atoms with van der Waals surface area (Å²) in [6, 6.07) is 0. The molecule has 2 unspecified atom stereocenters. The topological polar surface area (TPSA) is 55.8 Å². The van der Waals surface area contributed by atoms with E-state index in [9.17, 15) is 22.4 Å². The Hall–Kier alpha value is -1.15. The van der Waals surface area contributed by atoms with Gasteiger partial charge in [-0.1, -0.05) is 6.58 Å². The van der Waals surface area contributed by atoms with E-state index in [0.717, 1.165) is 0 Å². The maximum absolute atomic E-state index is 12.6. The van der Waals surface area contributed by atoms with Gasteiger partial charge in [0.15, 0.2) is 0 Å². The molecule has 0 fully saturated rings. The number of halogens is 4. The Kier molecular flexibility index (Phi) is 6.85. The third-order valence-electron chi connectivity index (χ3n) is 1.62. The van der Waals surface area contributed by atoms with E-state index in [4.69, 9.17) is 5.11 Å². The van der Waals surface area contributed by atoms with Crippen LogP contribution in [0.3, 0.4) is 0 Å². The fraction of sp³-hybridized carbons (Fsp3) is 0.700. The lowest BCUT2D eigenvalue weighted by Gasteiger charge is -2.15. The molecule has 0 aromatic heterocycles. The van der Waals surface area contributed by atoms with Crippen LogP contribution >= 0.6 is 0 Å². The Bertz CT molecular complexity index is 290. The van der Waals surface area contributed by atoms with Crippen LogP contribution in [0.25, 0.3) is 0 Å². The van der Waals surface area contributed by atoms with Crippen molar-refractivity contribution in [3.8, 4) is 0 Å². The molecule has 8 heteroatoms. The lowest BCUT2D eigenvalue weighted by atomic mass is 10.3. The van der Waals surface area contributed by atoms with Crippen molar-refractivity contribution in [2.75, 3.05) is 13.2 Å². The zero-order chi connectivity index (χ0) is 14.3. The molecule has 0 rings (SSSR count). The highest BCUT2D eigenvalue weighted by Gasteiger charge is 2.32. The van der Waals surface area contributed by atoms with Crippen LogP contribution in [0.15, 0.2) is 12.2 Å². The number of carbonyl (C=O) groups is 1. The predicted molar refractivity (Wildman–Crippen MR) is 53.3 cm³/mol. The van der Waals surface area contributed by atoms with Gasteiger partial charge >= 0.3 is 12.1 Å². The number of hydrogen-bond acceptors (Lipinski definition) is 4. The molecule has 1 N–H and O–H groups in total. The monoisotopic (exact) mass is 274 g/mol. The van der Waals surface area contributed by atoms with E-state index in [0.29, 0.717) is 0 Å². The van der Waals surface area contributed by atoms with E-state index in [1.807, 2.05) is 0 Å². The average Bonchev–Trinajstić information content (AvgIpc) is 2.20. The molecule has 0 amide bonds. The predicted octanol–water partition coefficient (Wildman–Crippen LogP) is 1.73. The minimum absolute atomic E-state index is 0.101. The summed E-state index contributed by atoms with van der Waals surface area (Å²) >= 11 is 0. The first-order chi connectivity index (χ1) is 8.11. The lowest BCUT2D eigenvalue weighted by Crippen LogP contribution is -2.27. The quantitative estimate of drug-likeness (QED) is 0.436. The maximum atomic E-state index is 12.6. The van der Waals surface area contributed by atoms with Crippen molar-refractivity contribution in [2.45, 2.75) is 32.0 Å². The third kappa shape index (κ3) is 8.94. The second-order valence-corrected chi connectivity index (χ2v) is 3.60. The Labute approximate surface area is 101 Å². The second kappa shape index (κ2) is 7.32. The minimum Gasteiger partial charge on any atom is -0.460 e. The summed E-state index contributed by atoms with van der Waals surface area (Å²) in [7, 11) is 0. The van der Waals surface area contributed by atoms with Gasteiger partial charge in [0.2, 0.25) is 6.36 Å². The molecule has 18 heavy (non-hydrogen) atoms. The number of aliphatic hydroxyl groups excluding tert-OH is 1. The van der Waals surface area contributed by atoms with Gasteiger partial charge in [0.1, 0.15) is 12.7 Å². The Balaban J connectivity index is 3.80. The lowest BCUT2D eigenvalue weighted by molar-refractivity contribution is -0.189. The van der Waals surface area contributed by atoms with Crippen LogP contribution < -0.4 is 0 Å². The highest BCUT2D eigenvalue weighted by molar-refractivity contribution is 5.86. The second-order valence-electron chi connectivity index (χ2n) is 3.60. The van der Waals surface area contributed by atoms with E-state index in [1.165, 1.54) is 6.92 Å². The van der Waals surface area contributed by atoms with Crippen molar-refractivity contribution in [1.82, 2.24) is 0 Å². The molecule has 106 valence electrons. The summed E-state index contributed by atoms with van der Waals surface area (Å²) in [6.45, 7) is 3.44. The van der Waals surface area contributed by atoms with Crippen molar-refractivity contribution < 1.29 is 36.9 Å². The number of aliphatic hydroxyl groups is 1. The van der Waals surface area contributed by atoms with Crippen molar-refractivity contribution >= 4 is 5.97 Å². The number of esters is 1. The summed E-state index contributed by atoms with van der Waals surface area (Å²) in [5, 5.41) is 9.15. The Morgan fingerprint density at radius 1 is 1.39 bits per heavy atom. The third-order valence-corrected chi connectivity index (χ3v) is 1.62. The van der Waals surface area contributed by atoms with Gasteiger partial charge in [-0.25, -0.2) is 9.18 Å². The maximum Gasteiger partial charge on any atom is 0.394 e. The van der Waals surface area contributed by atoms with E-state index in [-0.39, 0.29) is 5.57 Å². The van der Waals surface area contributed by atoms with Gasteiger partial charge in [-0.15, -0.1) is 0 Å². The van der Waals surface area contributed by atoms with E-state index in [1.54, 1.807) is 0 Å². The molecule has 0 saturated heterocycles. The van der Waals surface area contributed by atoms with Crippen LogP contribution in [0.2, 0.25) is 0 Å². The summed E-state index contributed by atoms with van der Waals surface area (Å²) in [6.07, 6.45) is -10.4. The molecule has 0 radical (unpaired) electrons. The first-order valence-corrected chi connectivity index (χ1v) is 4.95. The van der Waals surface area contributed by atoms with Crippen molar-refractivity contribution in [1.29, 1.82) is 0 Å². The molecule has 0 aliphatic carbocycles. The van der Waals surface area contributed by atoms with Crippen molar-refractivity contribution in [2.24, 2.45) is 0 Å². The Morgan fingerprint density at radius 3 is 2.39 bits per heavy atom. The molecular formula is C10H14F4O4. The Morgan fingerprint density at radius 2 is 1.94 bits per heavy atom. The standard InChI is InChI=1S/C10H14F4O4/c1-6(2)9(16)18-5-7(15)4-17-8(11)3-10(12,13)14/h7-8,15H,1,3-5H2,2H3. The van der Waals surface area contributed by atoms with Gasteiger partial charge in [-0.05, 0) is 6.92 Å². The SMILES string of the molecule is C=C(C)C(=O)OCC(O)COC(F)CC(F)(F)F. The van der Waals surface area contributed by atoms with Crippen LogP contribution in [-0.4, -0.2) is 42.9 Å². The summed E-state index contributed by atoms with van der Waals surface area (Å²) in [5.41, 5.74) is 0.101. The molecule has 2 atom stereocenters. The highest BCUT2D eigenvalue weighted by Crippen LogP contribution is 2.23. The zero-order valence-electron chi connectivity index (χ0n) is 9.67. The van der Waals surface area contributed by atoms with Crippen LogP contribution in [0.1, 0.15) is 13.3 Å². The van der Waals surface area contributed by atoms with Gasteiger partial charge in [-0.2, -0.15) is 13.2 Å². The largest absolute Gasteiger partial charge is 0.460 e. The first-order valence-electron chi connectivity index (χ1n) is 4.95. The number of carbonyl (C=O) groups excluding carboxylic acids is 1. The average molecular weight is 274 g/mol. The normalized spacial score (nSPS) is 15.0. The zero-order valence-corrected chi connectivity index (χ0v) is 9.67. The van der Waals surface area contributed by atoms with Crippen LogP contribution in [0, 0.1) is 0 Å². The van der Waals surface area contributed by atoms with Crippen LogP contribution in [-0.2, 0) is 14.3 Å². The van der Waals surface area contributed by atoms with Crippen LogP contribution in [0.4, 0.5) is 17.6 Å². The van der Waals surface area contributed by atoms with Gasteiger partial charge in [0.05, 0.1) is 13.0 Å². The summed E-state index contributed by atoms with van der Waals surface area (Å²) in [5.74, 6) is -0.763.